The molecule has 4 nitrogen and oxygen atoms in total. The Morgan fingerprint density at radius 1 is 1.26 bits per heavy atom. The Hall–Kier alpha value is -2.62. The number of aryl methyl sites for hydroxylation is 1. The minimum atomic E-state index is -0.408. The average molecular weight is 365 g/mol. The number of benzene rings is 1. The predicted molar refractivity (Wildman–Crippen MR) is 106 cm³/mol. The van der Waals surface area contributed by atoms with Crippen molar-refractivity contribution >= 4 is 11.8 Å². The van der Waals surface area contributed by atoms with Gasteiger partial charge in [-0.15, -0.1) is 0 Å². The third-order valence-electron chi connectivity index (χ3n) is 5.20. The quantitative estimate of drug-likeness (QED) is 0.637. The van der Waals surface area contributed by atoms with Gasteiger partial charge in [-0.3, -0.25) is 4.79 Å². The van der Waals surface area contributed by atoms with Crippen LogP contribution in [-0.4, -0.2) is 18.4 Å². The highest BCUT2D eigenvalue weighted by molar-refractivity contribution is 6.04. The van der Waals surface area contributed by atoms with Gasteiger partial charge in [-0.05, 0) is 31.2 Å². The lowest BCUT2D eigenvalue weighted by Crippen LogP contribution is -2.38. The Bertz CT molecular complexity index is 856. The summed E-state index contributed by atoms with van der Waals surface area (Å²) >= 11 is 0. The molecule has 4 heteroatoms. The molecule has 1 aliphatic carbocycles. The van der Waals surface area contributed by atoms with Crippen LogP contribution < -0.4 is 5.32 Å². The van der Waals surface area contributed by atoms with Crippen LogP contribution >= 0.6 is 0 Å². The van der Waals surface area contributed by atoms with E-state index < -0.39 is 11.9 Å². The standard InChI is InChI=1S/C23H27NO3/c1-6-11-27-22(26)19-15(3)24-17-12-23(4,5)13-18(25)21(17)20(19)16-9-7-14(2)8-10-16/h6-10,20,24H,1,11-13H2,2-5H3. The van der Waals surface area contributed by atoms with E-state index in [2.05, 4.69) is 25.7 Å². The molecule has 0 amide bonds. The number of allylic oxidation sites excluding steroid dienone is 3. The number of Topliss-reactive ketones (excluding diaryl/α,β-unsaturated/α-hetero) is 1. The Balaban J connectivity index is 2.14. The van der Waals surface area contributed by atoms with Crippen LogP contribution in [0.15, 0.2) is 59.5 Å². The number of ketones is 1. The summed E-state index contributed by atoms with van der Waals surface area (Å²) in [7, 11) is 0. The van der Waals surface area contributed by atoms with Gasteiger partial charge in [0, 0.05) is 29.3 Å². The van der Waals surface area contributed by atoms with Crippen LogP contribution in [0.4, 0.5) is 0 Å². The van der Waals surface area contributed by atoms with Gasteiger partial charge in [0.05, 0.1) is 5.57 Å². The number of esters is 1. The number of ether oxygens (including phenoxy) is 1. The van der Waals surface area contributed by atoms with Crippen molar-refractivity contribution in [2.75, 3.05) is 6.61 Å². The maximum Gasteiger partial charge on any atom is 0.337 e. The molecule has 1 atom stereocenters. The van der Waals surface area contributed by atoms with Crippen LogP contribution in [0.25, 0.3) is 0 Å². The molecule has 0 saturated heterocycles. The molecule has 1 heterocycles. The van der Waals surface area contributed by atoms with Crippen molar-refractivity contribution in [1.82, 2.24) is 5.32 Å². The first-order chi connectivity index (χ1) is 12.7. The molecule has 0 fully saturated rings. The molecule has 1 aromatic rings. The predicted octanol–water partition coefficient (Wildman–Crippen LogP) is 4.33. The van der Waals surface area contributed by atoms with Crippen molar-refractivity contribution in [2.45, 2.75) is 46.5 Å². The highest BCUT2D eigenvalue weighted by Gasteiger charge is 2.43. The molecule has 1 aliphatic heterocycles. The highest BCUT2D eigenvalue weighted by Crippen LogP contribution is 2.46. The zero-order valence-corrected chi connectivity index (χ0v) is 16.5. The van der Waals surface area contributed by atoms with E-state index in [1.165, 1.54) is 0 Å². The van der Waals surface area contributed by atoms with E-state index in [1.807, 2.05) is 38.1 Å². The van der Waals surface area contributed by atoms with Gasteiger partial charge in [0.1, 0.15) is 6.61 Å². The Labute approximate surface area is 161 Å². The lowest BCUT2D eigenvalue weighted by molar-refractivity contribution is -0.138. The highest BCUT2D eigenvalue weighted by atomic mass is 16.5. The zero-order chi connectivity index (χ0) is 19.8. The number of nitrogens with one attached hydrogen (secondary N) is 1. The maximum absolute atomic E-state index is 13.1. The summed E-state index contributed by atoms with van der Waals surface area (Å²) in [6, 6.07) is 8.02. The van der Waals surface area contributed by atoms with Gasteiger partial charge < -0.3 is 10.1 Å². The van der Waals surface area contributed by atoms with Gasteiger partial charge in [0.2, 0.25) is 0 Å². The van der Waals surface area contributed by atoms with E-state index in [-0.39, 0.29) is 17.8 Å². The van der Waals surface area contributed by atoms with Crippen molar-refractivity contribution in [3.8, 4) is 0 Å². The lowest BCUT2D eigenvalue weighted by atomic mass is 9.68. The van der Waals surface area contributed by atoms with Gasteiger partial charge in [-0.25, -0.2) is 4.79 Å². The van der Waals surface area contributed by atoms with E-state index in [0.29, 0.717) is 17.6 Å². The van der Waals surface area contributed by atoms with Crippen molar-refractivity contribution in [1.29, 1.82) is 0 Å². The molecule has 3 rings (SSSR count). The monoisotopic (exact) mass is 365 g/mol. The van der Waals surface area contributed by atoms with E-state index in [4.69, 9.17) is 4.74 Å². The number of hydrogen-bond donors (Lipinski definition) is 1. The third kappa shape index (κ3) is 3.75. The third-order valence-corrected chi connectivity index (χ3v) is 5.20. The Morgan fingerprint density at radius 2 is 1.93 bits per heavy atom. The molecule has 2 aliphatic rings. The van der Waals surface area contributed by atoms with Gasteiger partial charge in [-0.2, -0.15) is 0 Å². The van der Waals surface area contributed by atoms with Gasteiger partial charge >= 0.3 is 5.97 Å². The van der Waals surface area contributed by atoms with Gasteiger partial charge in [-0.1, -0.05) is 56.3 Å². The maximum atomic E-state index is 13.1. The van der Waals surface area contributed by atoms with Gasteiger partial charge in [0.25, 0.3) is 0 Å². The summed E-state index contributed by atoms with van der Waals surface area (Å²) in [6.45, 7) is 11.8. The van der Waals surface area contributed by atoms with Crippen molar-refractivity contribution in [3.05, 3.63) is 70.6 Å². The number of hydrogen-bond acceptors (Lipinski definition) is 4. The lowest BCUT2D eigenvalue weighted by Gasteiger charge is -2.39. The second-order valence-corrected chi connectivity index (χ2v) is 8.23. The van der Waals surface area contributed by atoms with Crippen LogP contribution in [-0.2, 0) is 14.3 Å². The Morgan fingerprint density at radius 3 is 2.56 bits per heavy atom. The van der Waals surface area contributed by atoms with Gasteiger partial charge in [0.15, 0.2) is 5.78 Å². The molecule has 1 N–H and O–H groups in total. The number of carbonyl (C=O) groups is 2. The molecule has 27 heavy (non-hydrogen) atoms. The molecule has 0 bridgehead atoms. The fourth-order valence-electron chi connectivity index (χ4n) is 4.01. The van der Waals surface area contributed by atoms with Crippen LogP contribution in [0.3, 0.4) is 0 Å². The first-order valence-corrected chi connectivity index (χ1v) is 9.32. The molecule has 0 aromatic heterocycles. The molecule has 0 spiro atoms. The summed E-state index contributed by atoms with van der Waals surface area (Å²) in [4.78, 5) is 25.9. The molecule has 0 saturated carbocycles. The summed E-state index contributed by atoms with van der Waals surface area (Å²) in [5, 5.41) is 3.33. The number of dihydropyridines is 1. The molecule has 1 aromatic carbocycles. The molecular weight excluding hydrogens is 338 g/mol. The number of rotatable bonds is 4. The van der Waals surface area contributed by atoms with E-state index in [0.717, 1.165) is 28.9 Å². The molecule has 1 unspecified atom stereocenters. The minimum Gasteiger partial charge on any atom is -0.458 e. The van der Waals surface area contributed by atoms with Crippen molar-refractivity contribution in [3.63, 3.8) is 0 Å². The summed E-state index contributed by atoms with van der Waals surface area (Å²) in [5.74, 6) is -0.710. The normalized spacial score (nSPS) is 21.5. The van der Waals surface area contributed by atoms with Crippen LogP contribution in [0, 0.1) is 12.3 Å². The van der Waals surface area contributed by atoms with E-state index in [9.17, 15) is 9.59 Å². The number of carbonyl (C=O) groups excluding carboxylic acids is 2. The van der Waals surface area contributed by atoms with Crippen molar-refractivity contribution < 1.29 is 14.3 Å². The van der Waals surface area contributed by atoms with E-state index >= 15 is 0 Å². The second-order valence-electron chi connectivity index (χ2n) is 8.23. The summed E-state index contributed by atoms with van der Waals surface area (Å²) in [6.07, 6.45) is 2.80. The smallest absolute Gasteiger partial charge is 0.337 e. The zero-order valence-electron chi connectivity index (χ0n) is 16.5. The summed E-state index contributed by atoms with van der Waals surface area (Å²) < 4.78 is 5.34. The SMILES string of the molecule is C=CCOC(=O)C1=C(C)NC2=C(C(=O)CC(C)(C)C2)C1c1ccc(C)cc1. The van der Waals surface area contributed by atoms with Crippen molar-refractivity contribution in [2.24, 2.45) is 5.41 Å². The first kappa shape index (κ1) is 19.2. The fourth-order valence-corrected chi connectivity index (χ4v) is 4.01. The Kier molecular flexibility index (Phi) is 5.09. The summed E-state index contributed by atoms with van der Waals surface area (Å²) in [5.41, 5.74) is 4.87. The fraction of sp³-hybridized carbons (Fsp3) is 0.391. The second kappa shape index (κ2) is 7.18. The molecule has 0 radical (unpaired) electrons. The minimum absolute atomic E-state index is 0.0954. The van der Waals surface area contributed by atoms with Crippen LogP contribution in [0.2, 0.25) is 0 Å². The molecule has 142 valence electrons. The van der Waals surface area contributed by atoms with Crippen LogP contribution in [0.1, 0.15) is 50.7 Å². The topological polar surface area (TPSA) is 55.4 Å². The first-order valence-electron chi connectivity index (χ1n) is 9.32. The van der Waals surface area contributed by atoms with E-state index in [1.54, 1.807) is 6.08 Å². The van der Waals surface area contributed by atoms with Crippen LogP contribution in [0.5, 0.6) is 0 Å². The largest absolute Gasteiger partial charge is 0.458 e. The average Bonchev–Trinajstić information content (AvgIpc) is 2.58. The molecular formula is C23H27NO3.